The Morgan fingerprint density at radius 3 is 2.52 bits per heavy atom. The van der Waals surface area contributed by atoms with Crippen LogP contribution >= 0.6 is 11.9 Å². The van der Waals surface area contributed by atoms with Gasteiger partial charge in [0.05, 0.1) is 0 Å². The summed E-state index contributed by atoms with van der Waals surface area (Å²) < 4.78 is 40.3. The van der Waals surface area contributed by atoms with Gasteiger partial charge >= 0.3 is 6.30 Å². The number of aromatic nitrogens is 4. The van der Waals surface area contributed by atoms with Crippen LogP contribution in [0.1, 0.15) is 6.92 Å². The first-order valence-corrected chi connectivity index (χ1v) is 7.63. The number of benzene rings is 1. The molecule has 23 heavy (non-hydrogen) atoms. The van der Waals surface area contributed by atoms with Gasteiger partial charge in [-0.3, -0.25) is 4.79 Å². The molecule has 120 valence electrons. The van der Waals surface area contributed by atoms with Crippen molar-refractivity contribution in [1.82, 2.24) is 18.5 Å². The van der Waals surface area contributed by atoms with Crippen LogP contribution in [0.15, 0.2) is 41.5 Å². The van der Waals surface area contributed by atoms with E-state index in [1.807, 2.05) is 6.92 Å². The molecule has 0 aliphatic carbocycles. The minimum Gasteiger partial charge on any atom is -0.266 e. The number of halogens is 3. The summed E-state index contributed by atoms with van der Waals surface area (Å²) >= 11 is 1.17. The second-order valence-corrected chi connectivity index (χ2v) is 5.77. The summed E-state index contributed by atoms with van der Waals surface area (Å²) in [7, 11) is 0. The molecule has 2 heterocycles. The molecule has 0 aliphatic rings. The normalized spacial score (nSPS) is 12.0. The molecule has 1 aromatic carbocycles. The molecule has 0 fully saturated rings. The third-order valence-electron chi connectivity index (χ3n) is 3.10. The molecule has 0 bridgehead atoms. The predicted molar refractivity (Wildman–Crippen MR) is 82.1 cm³/mol. The van der Waals surface area contributed by atoms with Gasteiger partial charge in [-0.2, -0.15) is 0 Å². The number of imidazole rings is 1. The molecule has 0 radical (unpaired) electrons. The quantitative estimate of drug-likeness (QED) is 0.734. The van der Waals surface area contributed by atoms with Gasteiger partial charge in [0.1, 0.15) is 6.33 Å². The van der Waals surface area contributed by atoms with Gasteiger partial charge in [-0.25, -0.2) is 18.5 Å². The number of hydrogen-bond acceptors (Lipinski definition) is 4. The molecule has 2 aromatic heterocycles. The van der Waals surface area contributed by atoms with Crippen molar-refractivity contribution in [3.05, 3.63) is 47.0 Å². The van der Waals surface area contributed by atoms with Gasteiger partial charge in [0, 0.05) is 11.3 Å². The van der Waals surface area contributed by atoms with Gasteiger partial charge in [-0.05, 0) is 11.9 Å². The highest BCUT2D eigenvalue weighted by Gasteiger charge is 2.34. The van der Waals surface area contributed by atoms with Crippen molar-refractivity contribution in [1.29, 1.82) is 0 Å². The lowest BCUT2D eigenvalue weighted by molar-refractivity contribution is -0.201. The number of hydrogen-bond donors (Lipinski definition) is 0. The Hall–Kier alpha value is -2.29. The molecule has 0 unspecified atom stereocenters. The van der Waals surface area contributed by atoms with E-state index in [9.17, 15) is 18.0 Å². The van der Waals surface area contributed by atoms with Gasteiger partial charge in [-0.1, -0.05) is 37.3 Å². The Kier molecular flexibility index (Phi) is 3.88. The molecule has 0 saturated carbocycles. The number of alkyl halides is 3. The Balaban J connectivity index is 2.37. The Bertz CT molecular complexity index is 902. The van der Waals surface area contributed by atoms with E-state index in [1.165, 1.54) is 15.9 Å². The highest BCUT2D eigenvalue weighted by Crippen LogP contribution is 2.27. The van der Waals surface area contributed by atoms with Crippen molar-refractivity contribution in [2.45, 2.75) is 13.2 Å². The average Bonchev–Trinajstić information content (AvgIpc) is 2.95. The summed E-state index contributed by atoms with van der Waals surface area (Å²) in [6, 6.07) is 8.61. The monoisotopic (exact) mass is 340 g/mol. The van der Waals surface area contributed by atoms with Gasteiger partial charge in [0.2, 0.25) is 0 Å². The fourth-order valence-electron chi connectivity index (χ4n) is 2.14. The van der Waals surface area contributed by atoms with Crippen LogP contribution in [0.3, 0.4) is 0 Å². The van der Waals surface area contributed by atoms with E-state index in [0.717, 1.165) is 0 Å². The van der Waals surface area contributed by atoms with Crippen molar-refractivity contribution in [2.75, 3.05) is 5.75 Å². The van der Waals surface area contributed by atoms with Crippen LogP contribution in [0.2, 0.25) is 0 Å². The summed E-state index contributed by atoms with van der Waals surface area (Å²) in [6.45, 7) is 1.84. The number of fused-ring (bicyclic) bond motifs is 1. The molecule has 5 nitrogen and oxygen atoms in total. The number of rotatable bonds is 3. The molecule has 3 aromatic rings. The first-order valence-electron chi connectivity index (χ1n) is 6.69. The molecule has 0 aliphatic heterocycles. The second-order valence-electron chi connectivity index (χ2n) is 4.57. The Morgan fingerprint density at radius 2 is 1.91 bits per heavy atom. The largest absolute Gasteiger partial charge is 0.491 e. The maximum atomic E-state index is 13.0. The zero-order chi connectivity index (χ0) is 16.6. The molecule has 0 atom stereocenters. The van der Waals surface area contributed by atoms with Crippen LogP contribution in [-0.2, 0) is 6.30 Å². The molecule has 9 heteroatoms. The van der Waals surface area contributed by atoms with E-state index in [1.54, 1.807) is 30.3 Å². The van der Waals surface area contributed by atoms with Crippen molar-refractivity contribution in [2.24, 2.45) is 0 Å². The molecule has 0 amide bonds. The summed E-state index contributed by atoms with van der Waals surface area (Å²) in [6.07, 6.45) is -4.11. The minimum absolute atomic E-state index is 0.0445. The van der Waals surface area contributed by atoms with Gasteiger partial charge in [0.25, 0.3) is 5.56 Å². The fourth-order valence-corrected chi connectivity index (χ4v) is 2.87. The molecule has 0 spiro atoms. The smallest absolute Gasteiger partial charge is 0.266 e. The molecule has 0 saturated heterocycles. The first-order chi connectivity index (χ1) is 10.9. The summed E-state index contributed by atoms with van der Waals surface area (Å²) in [4.78, 5) is 20.2. The summed E-state index contributed by atoms with van der Waals surface area (Å²) in [5, 5.41) is 0. The topological polar surface area (TPSA) is 52.7 Å². The highest BCUT2D eigenvalue weighted by molar-refractivity contribution is 7.97. The van der Waals surface area contributed by atoms with Gasteiger partial charge in [-0.15, -0.1) is 13.2 Å². The van der Waals surface area contributed by atoms with Crippen LogP contribution in [0, 0.1) is 0 Å². The first kappa shape index (κ1) is 15.6. The van der Waals surface area contributed by atoms with Crippen molar-refractivity contribution in [3.63, 3.8) is 0 Å². The van der Waals surface area contributed by atoms with Crippen LogP contribution in [-0.4, -0.2) is 24.3 Å². The Morgan fingerprint density at radius 1 is 1.22 bits per heavy atom. The third kappa shape index (κ3) is 2.72. The zero-order valence-corrected chi connectivity index (χ0v) is 12.7. The Labute approximate surface area is 132 Å². The van der Waals surface area contributed by atoms with E-state index >= 15 is 0 Å². The van der Waals surface area contributed by atoms with Crippen molar-refractivity contribution >= 4 is 23.1 Å². The van der Waals surface area contributed by atoms with E-state index in [0.29, 0.717) is 17.6 Å². The highest BCUT2D eigenvalue weighted by atomic mass is 32.2. The van der Waals surface area contributed by atoms with Gasteiger partial charge in [0.15, 0.2) is 17.0 Å². The van der Waals surface area contributed by atoms with E-state index in [-0.39, 0.29) is 15.9 Å². The van der Waals surface area contributed by atoms with Crippen molar-refractivity contribution < 1.29 is 13.2 Å². The second kappa shape index (κ2) is 5.73. The minimum atomic E-state index is -4.69. The lowest BCUT2D eigenvalue weighted by Gasteiger charge is -2.12. The molecular weight excluding hydrogens is 329 g/mol. The number of nitrogens with zero attached hydrogens (tertiary/aromatic N) is 4. The van der Waals surface area contributed by atoms with Crippen LogP contribution in [0.4, 0.5) is 13.2 Å². The third-order valence-corrected chi connectivity index (χ3v) is 3.95. The fraction of sp³-hybridized carbons (Fsp3) is 0.214. The standard InChI is InChI=1S/C14H11F3N4OS/c1-2-23-21-11(9-6-4-3-5-7-9)19-12-10(13(21)22)18-8-20(12)14(15,16)17/h3-8H,2H2,1H3. The van der Waals surface area contributed by atoms with Crippen LogP contribution in [0.5, 0.6) is 0 Å². The SMILES string of the molecule is CCSn1c(-c2ccccc2)nc2c(ncn2C(F)(F)F)c1=O. The van der Waals surface area contributed by atoms with Crippen molar-refractivity contribution in [3.8, 4) is 11.4 Å². The maximum Gasteiger partial charge on any atom is 0.491 e. The molecular formula is C14H11F3N4OS. The summed E-state index contributed by atoms with van der Waals surface area (Å²) in [5.41, 5.74) is -0.844. The lowest BCUT2D eigenvalue weighted by Crippen LogP contribution is -2.22. The van der Waals surface area contributed by atoms with Crippen LogP contribution < -0.4 is 5.56 Å². The van der Waals surface area contributed by atoms with Crippen LogP contribution in [0.25, 0.3) is 22.6 Å². The summed E-state index contributed by atoms with van der Waals surface area (Å²) in [5.74, 6) is 0.730. The maximum absolute atomic E-state index is 13.0. The average molecular weight is 340 g/mol. The van der Waals surface area contributed by atoms with E-state index in [2.05, 4.69) is 9.97 Å². The van der Waals surface area contributed by atoms with E-state index < -0.39 is 17.5 Å². The lowest BCUT2D eigenvalue weighted by atomic mass is 10.2. The molecule has 0 N–H and O–H groups in total. The molecule has 3 rings (SSSR count). The van der Waals surface area contributed by atoms with E-state index in [4.69, 9.17) is 0 Å². The zero-order valence-electron chi connectivity index (χ0n) is 11.9. The predicted octanol–water partition coefficient (Wildman–Crippen LogP) is 3.25. The van der Waals surface area contributed by atoms with Gasteiger partial charge < -0.3 is 0 Å².